The van der Waals surface area contributed by atoms with Crippen LogP contribution in [0.2, 0.25) is 0 Å². The molecule has 0 unspecified atom stereocenters. The number of benzene rings is 2. The van der Waals surface area contributed by atoms with Crippen molar-refractivity contribution >= 4 is 29.1 Å². The first-order valence-electron chi connectivity index (χ1n) is 10.1. The summed E-state index contributed by atoms with van der Waals surface area (Å²) in [5, 5.41) is 10.0. The van der Waals surface area contributed by atoms with Crippen LogP contribution in [-0.4, -0.2) is 34.6 Å². The van der Waals surface area contributed by atoms with E-state index in [4.69, 9.17) is 19.2 Å². The molecular formula is C24H20N4O4S. The van der Waals surface area contributed by atoms with Crippen molar-refractivity contribution in [2.24, 2.45) is 0 Å². The highest BCUT2D eigenvalue weighted by Crippen LogP contribution is 2.33. The van der Waals surface area contributed by atoms with Gasteiger partial charge in [0.05, 0.1) is 18.5 Å². The van der Waals surface area contributed by atoms with Crippen molar-refractivity contribution in [2.45, 2.75) is 6.92 Å². The van der Waals surface area contributed by atoms with E-state index in [1.54, 1.807) is 23.9 Å². The van der Waals surface area contributed by atoms with Crippen molar-refractivity contribution in [2.75, 3.05) is 19.2 Å². The number of amides is 1. The summed E-state index contributed by atoms with van der Waals surface area (Å²) in [6.45, 7) is 2.08. The van der Waals surface area contributed by atoms with Gasteiger partial charge in [0, 0.05) is 23.1 Å². The second kappa shape index (κ2) is 8.79. The molecule has 0 aliphatic carbocycles. The summed E-state index contributed by atoms with van der Waals surface area (Å²) in [7, 11) is 1.64. The molecule has 0 spiro atoms. The van der Waals surface area contributed by atoms with E-state index in [0.29, 0.717) is 22.4 Å². The quantitative estimate of drug-likeness (QED) is 0.420. The standard InChI is InChI=1S/C24H20N4O4S/c1-15-11-22(26-23(29)10-4-16-3-9-20-21(12-16)32-14-31-20)28(27-15)24-25-19(13-33-24)17-5-7-18(30-2)8-6-17/h3-13H,14H2,1-2H3,(H,26,29)/b10-4+. The Morgan fingerprint density at radius 3 is 2.79 bits per heavy atom. The molecule has 4 aromatic rings. The molecule has 1 aliphatic heterocycles. The van der Waals surface area contributed by atoms with Gasteiger partial charge < -0.3 is 19.5 Å². The molecule has 1 amide bonds. The van der Waals surface area contributed by atoms with Crippen LogP contribution in [0.4, 0.5) is 5.82 Å². The highest BCUT2D eigenvalue weighted by atomic mass is 32.1. The highest BCUT2D eigenvalue weighted by molar-refractivity contribution is 7.12. The van der Waals surface area contributed by atoms with E-state index < -0.39 is 0 Å². The number of aromatic nitrogens is 3. The zero-order valence-corrected chi connectivity index (χ0v) is 18.8. The first kappa shape index (κ1) is 20.8. The van der Waals surface area contributed by atoms with Gasteiger partial charge >= 0.3 is 0 Å². The summed E-state index contributed by atoms with van der Waals surface area (Å²) in [6, 6.07) is 15.0. The average molecular weight is 461 g/mol. The topological polar surface area (TPSA) is 87.5 Å². The van der Waals surface area contributed by atoms with Crippen molar-refractivity contribution in [3.63, 3.8) is 0 Å². The number of anilines is 1. The van der Waals surface area contributed by atoms with E-state index in [1.165, 1.54) is 17.4 Å². The van der Waals surface area contributed by atoms with E-state index in [0.717, 1.165) is 28.3 Å². The average Bonchev–Trinajstić information content (AvgIpc) is 3.57. The van der Waals surface area contributed by atoms with Gasteiger partial charge in [0.1, 0.15) is 11.6 Å². The maximum atomic E-state index is 12.6. The summed E-state index contributed by atoms with van der Waals surface area (Å²) in [4.78, 5) is 17.3. The van der Waals surface area contributed by atoms with Crippen LogP contribution in [0, 0.1) is 6.92 Å². The second-order valence-electron chi connectivity index (χ2n) is 7.26. The highest BCUT2D eigenvalue weighted by Gasteiger charge is 2.15. The Morgan fingerprint density at radius 1 is 1.15 bits per heavy atom. The number of aryl methyl sites for hydroxylation is 1. The van der Waals surface area contributed by atoms with Crippen LogP contribution < -0.4 is 19.5 Å². The zero-order chi connectivity index (χ0) is 22.8. The van der Waals surface area contributed by atoms with Crippen molar-refractivity contribution in [3.05, 3.63) is 71.2 Å². The van der Waals surface area contributed by atoms with Crippen molar-refractivity contribution in [3.8, 4) is 33.6 Å². The number of nitrogens with one attached hydrogen (secondary N) is 1. The van der Waals surface area contributed by atoms with Crippen molar-refractivity contribution in [1.29, 1.82) is 0 Å². The summed E-state index contributed by atoms with van der Waals surface area (Å²) in [5.41, 5.74) is 3.40. The van der Waals surface area contributed by atoms with Gasteiger partial charge in [0.15, 0.2) is 11.5 Å². The monoisotopic (exact) mass is 460 g/mol. The fourth-order valence-corrected chi connectivity index (χ4v) is 4.14. The summed E-state index contributed by atoms with van der Waals surface area (Å²) in [5.74, 6) is 2.43. The molecule has 166 valence electrons. The molecule has 3 heterocycles. The van der Waals surface area contributed by atoms with Gasteiger partial charge in [-0.2, -0.15) is 9.78 Å². The molecule has 5 rings (SSSR count). The van der Waals surface area contributed by atoms with Gasteiger partial charge in [0.2, 0.25) is 17.8 Å². The first-order chi connectivity index (χ1) is 16.1. The normalized spacial score (nSPS) is 12.3. The van der Waals surface area contributed by atoms with E-state index in [2.05, 4.69) is 10.4 Å². The van der Waals surface area contributed by atoms with Crippen LogP contribution >= 0.6 is 11.3 Å². The Kier molecular flexibility index (Phi) is 5.54. The number of thiazole rings is 1. The lowest BCUT2D eigenvalue weighted by atomic mass is 10.2. The number of rotatable bonds is 6. The Labute approximate surface area is 194 Å². The van der Waals surface area contributed by atoms with Gasteiger partial charge in [-0.3, -0.25) is 4.79 Å². The minimum Gasteiger partial charge on any atom is -0.497 e. The maximum Gasteiger partial charge on any atom is 0.249 e. The number of ether oxygens (including phenoxy) is 3. The summed E-state index contributed by atoms with van der Waals surface area (Å²) in [6.07, 6.45) is 3.19. The lowest BCUT2D eigenvalue weighted by Crippen LogP contribution is -2.12. The van der Waals surface area contributed by atoms with E-state index in [1.807, 2.05) is 54.8 Å². The molecule has 0 saturated carbocycles. The number of nitrogens with zero attached hydrogens (tertiary/aromatic N) is 3. The number of fused-ring (bicyclic) bond motifs is 1. The van der Waals surface area contributed by atoms with Crippen LogP contribution in [0.3, 0.4) is 0 Å². The zero-order valence-electron chi connectivity index (χ0n) is 17.9. The number of methoxy groups -OCH3 is 1. The Hall–Kier alpha value is -4.11. The molecule has 0 atom stereocenters. The van der Waals surface area contributed by atoms with Gasteiger partial charge in [-0.1, -0.05) is 6.07 Å². The van der Waals surface area contributed by atoms with Crippen LogP contribution in [0.5, 0.6) is 17.2 Å². The van der Waals surface area contributed by atoms with E-state index in [9.17, 15) is 4.79 Å². The molecule has 0 radical (unpaired) electrons. The third-order valence-corrected chi connectivity index (χ3v) is 5.78. The number of hydrogen-bond donors (Lipinski definition) is 1. The van der Waals surface area contributed by atoms with Gasteiger partial charge in [-0.05, 0) is 55.0 Å². The van der Waals surface area contributed by atoms with E-state index in [-0.39, 0.29) is 12.7 Å². The molecule has 0 bridgehead atoms. The molecule has 0 fully saturated rings. The van der Waals surface area contributed by atoms with Gasteiger partial charge in [0.25, 0.3) is 0 Å². The van der Waals surface area contributed by atoms with Crippen molar-refractivity contribution in [1.82, 2.24) is 14.8 Å². The summed E-state index contributed by atoms with van der Waals surface area (Å²) >= 11 is 1.45. The SMILES string of the molecule is COc1ccc(-c2csc(-n3nc(C)cc3NC(=O)/C=C/c3ccc4c(c3)OCO4)n2)cc1. The third-order valence-electron chi connectivity index (χ3n) is 4.97. The Balaban J connectivity index is 1.32. The minimum atomic E-state index is -0.277. The lowest BCUT2D eigenvalue weighted by molar-refractivity contribution is -0.111. The predicted octanol–water partition coefficient (Wildman–Crippen LogP) is 4.69. The molecule has 0 saturated heterocycles. The second-order valence-corrected chi connectivity index (χ2v) is 8.10. The van der Waals surface area contributed by atoms with Gasteiger partial charge in [-0.15, -0.1) is 11.3 Å². The number of hydrogen-bond acceptors (Lipinski definition) is 7. The fraction of sp³-hybridized carbons (Fsp3) is 0.125. The molecule has 8 nitrogen and oxygen atoms in total. The van der Waals surface area contributed by atoms with Crippen LogP contribution in [-0.2, 0) is 4.79 Å². The molecule has 9 heteroatoms. The fourth-order valence-electron chi connectivity index (χ4n) is 3.35. The largest absolute Gasteiger partial charge is 0.497 e. The van der Waals surface area contributed by atoms with Crippen LogP contribution in [0.1, 0.15) is 11.3 Å². The number of carbonyl (C=O) groups excluding carboxylic acids is 1. The molecule has 1 N–H and O–H groups in total. The first-order valence-corrected chi connectivity index (χ1v) is 11.0. The smallest absolute Gasteiger partial charge is 0.249 e. The number of carbonyl (C=O) groups is 1. The third kappa shape index (κ3) is 4.44. The predicted molar refractivity (Wildman–Crippen MR) is 126 cm³/mol. The van der Waals surface area contributed by atoms with E-state index >= 15 is 0 Å². The molecular weight excluding hydrogens is 440 g/mol. The molecule has 2 aromatic heterocycles. The minimum absolute atomic E-state index is 0.212. The Bertz CT molecular complexity index is 1340. The van der Waals surface area contributed by atoms with Crippen LogP contribution in [0.15, 0.2) is 60.0 Å². The van der Waals surface area contributed by atoms with Crippen molar-refractivity contribution < 1.29 is 19.0 Å². The molecule has 33 heavy (non-hydrogen) atoms. The van der Waals surface area contributed by atoms with Gasteiger partial charge in [-0.25, -0.2) is 4.98 Å². The molecule has 1 aliphatic rings. The Morgan fingerprint density at radius 2 is 1.97 bits per heavy atom. The molecule has 2 aromatic carbocycles. The lowest BCUT2D eigenvalue weighted by Gasteiger charge is -2.04. The maximum absolute atomic E-state index is 12.6. The van der Waals surface area contributed by atoms with Crippen LogP contribution in [0.25, 0.3) is 22.5 Å². The summed E-state index contributed by atoms with van der Waals surface area (Å²) < 4.78 is 17.5.